The average molecular weight is 378 g/mol. The van der Waals surface area contributed by atoms with Gasteiger partial charge in [0.15, 0.2) is 0 Å². The number of imide groups is 1. The van der Waals surface area contributed by atoms with Crippen LogP contribution in [-0.4, -0.2) is 34.3 Å². The van der Waals surface area contributed by atoms with Gasteiger partial charge in [-0.15, -0.1) is 0 Å². The van der Waals surface area contributed by atoms with Crippen molar-refractivity contribution in [3.05, 3.63) is 70.4 Å². The lowest BCUT2D eigenvalue weighted by molar-refractivity contribution is -0.384. The standard InChI is InChI=1S/C20H18N4O4/c25-19-11-16(20(26)23(19)17-7-3-4-8-18(17)24(27)28)21-10-9-13-12-22-15-6-2-1-5-14(13)15/h1-8,12,16,21-22H,9-11H2. The fraction of sp³-hybridized carbons (Fsp3) is 0.200. The highest BCUT2D eigenvalue weighted by atomic mass is 16.6. The number of nitro groups is 1. The highest BCUT2D eigenvalue weighted by Crippen LogP contribution is 2.31. The molecule has 8 heteroatoms. The Hall–Kier alpha value is -3.52. The van der Waals surface area contributed by atoms with Gasteiger partial charge in [-0.25, -0.2) is 4.90 Å². The van der Waals surface area contributed by atoms with E-state index < -0.39 is 22.8 Å². The van der Waals surface area contributed by atoms with Crippen LogP contribution in [0.1, 0.15) is 12.0 Å². The molecule has 0 radical (unpaired) electrons. The summed E-state index contributed by atoms with van der Waals surface area (Å²) in [6.45, 7) is 0.510. The molecule has 0 aliphatic carbocycles. The Morgan fingerprint density at radius 3 is 2.71 bits per heavy atom. The van der Waals surface area contributed by atoms with Crippen molar-refractivity contribution in [2.75, 3.05) is 11.4 Å². The number of nitrogens with one attached hydrogen (secondary N) is 2. The van der Waals surface area contributed by atoms with Crippen LogP contribution in [-0.2, 0) is 16.0 Å². The van der Waals surface area contributed by atoms with Gasteiger partial charge in [0.05, 0.1) is 17.4 Å². The van der Waals surface area contributed by atoms with Crippen LogP contribution in [0.15, 0.2) is 54.7 Å². The fourth-order valence-corrected chi connectivity index (χ4v) is 3.57. The molecule has 2 aromatic carbocycles. The van der Waals surface area contributed by atoms with Gasteiger partial charge in [-0.2, -0.15) is 0 Å². The number of amides is 2. The number of anilines is 1. The maximum atomic E-state index is 12.7. The van der Waals surface area contributed by atoms with E-state index in [1.54, 1.807) is 6.07 Å². The molecule has 0 saturated carbocycles. The van der Waals surface area contributed by atoms with Crippen molar-refractivity contribution >= 4 is 34.1 Å². The second-order valence-electron chi connectivity index (χ2n) is 6.63. The Kier molecular flexibility index (Phi) is 4.62. The van der Waals surface area contributed by atoms with Gasteiger partial charge in [-0.05, 0) is 24.1 Å². The summed E-state index contributed by atoms with van der Waals surface area (Å²) in [4.78, 5) is 39.8. The van der Waals surface area contributed by atoms with E-state index in [0.717, 1.165) is 21.4 Å². The predicted molar refractivity (Wildman–Crippen MR) is 104 cm³/mol. The molecule has 28 heavy (non-hydrogen) atoms. The molecule has 1 unspecified atom stereocenters. The van der Waals surface area contributed by atoms with Gasteiger partial charge in [0.2, 0.25) is 5.91 Å². The molecule has 1 aliphatic heterocycles. The molecule has 3 aromatic rings. The third-order valence-electron chi connectivity index (χ3n) is 4.93. The largest absolute Gasteiger partial charge is 0.361 e. The highest BCUT2D eigenvalue weighted by Gasteiger charge is 2.41. The molecule has 142 valence electrons. The van der Waals surface area contributed by atoms with Crippen LogP contribution in [0.3, 0.4) is 0 Å². The number of aromatic nitrogens is 1. The molecule has 2 amide bonds. The summed E-state index contributed by atoms with van der Waals surface area (Å²) in [7, 11) is 0. The number of para-hydroxylation sites is 3. The van der Waals surface area contributed by atoms with Gasteiger partial charge in [0.1, 0.15) is 5.69 Å². The van der Waals surface area contributed by atoms with Crippen molar-refractivity contribution < 1.29 is 14.5 Å². The Balaban J connectivity index is 1.45. The Morgan fingerprint density at radius 2 is 1.89 bits per heavy atom. The number of H-pyrrole nitrogens is 1. The average Bonchev–Trinajstić information content (AvgIpc) is 3.22. The van der Waals surface area contributed by atoms with Crippen molar-refractivity contribution in [2.45, 2.75) is 18.9 Å². The van der Waals surface area contributed by atoms with Gasteiger partial charge in [-0.1, -0.05) is 30.3 Å². The van der Waals surface area contributed by atoms with Gasteiger partial charge in [-0.3, -0.25) is 19.7 Å². The summed E-state index contributed by atoms with van der Waals surface area (Å²) in [6, 6.07) is 13.0. The molecule has 2 heterocycles. The van der Waals surface area contributed by atoms with Crippen LogP contribution in [0.4, 0.5) is 11.4 Å². The van der Waals surface area contributed by atoms with E-state index >= 15 is 0 Å². The highest BCUT2D eigenvalue weighted by molar-refractivity contribution is 6.23. The summed E-state index contributed by atoms with van der Waals surface area (Å²) in [5.41, 5.74) is 1.93. The molecule has 0 spiro atoms. The number of nitrogens with zero attached hydrogens (tertiary/aromatic N) is 2. The Labute approximate surface area is 160 Å². The van der Waals surface area contributed by atoms with E-state index in [4.69, 9.17) is 0 Å². The van der Waals surface area contributed by atoms with Crippen LogP contribution < -0.4 is 10.2 Å². The Bertz CT molecular complexity index is 1070. The lowest BCUT2D eigenvalue weighted by Crippen LogP contribution is -2.39. The molecule has 1 aromatic heterocycles. The summed E-state index contributed by atoms with van der Waals surface area (Å²) >= 11 is 0. The number of aromatic amines is 1. The first-order valence-corrected chi connectivity index (χ1v) is 8.95. The first-order chi connectivity index (χ1) is 13.6. The van der Waals surface area contributed by atoms with Crippen LogP contribution in [0.5, 0.6) is 0 Å². The minimum atomic E-state index is -0.683. The molecular formula is C20H18N4O4. The number of fused-ring (bicyclic) bond motifs is 1. The number of hydrogen-bond acceptors (Lipinski definition) is 5. The zero-order chi connectivity index (χ0) is 19.7. The SMILES string of the molecule is O=C1CC(NCCc2c[nH]c3ccccc23)C(=O)N1c1ccccc1[N+](=O)[O-]. The van der Waals surface area contributed by atoms with Gasteiger partial charge in [0.25, 0.3) is 11.6 Å². The number of rotatable bonds is 6. The number of benzene rings is 2. The van der Waals surface area contributed by atoms with Crippen molar-refractivity contribution in [3.63, 3.8) is 0 Å². The van der Waals surface area contributed by atoms with E-state index in [2.05, 4.69) is 10.3 Å². The number of nitro benzene ring substituents is 1. The lowest BCUT2D eigenvalue weighted by Gasteiger charge is -2.15. The molecule has 2 N–H and O–H groups in total. The maximum absolute atomic E-state index is 12.7. The van der Waals surface area contributed by atoms with Crippen LogP contribution in [0.2, 0.25) is 0 Å². The normalized spacial score (nSPS) is 16.9. The van der Waals surface area contributed by atoms with Crippen molar-refractivity contribution in [1.29, 1.82) is 0 Å². The van der Waals surface area contributed by atoms with E-state index in [0.29, 0.717) is 13.0 Å². The summed E-state index contributed by atoms with van der Waals surface area (Å²) < 4.78 is 0. The number of carbonyl (C=O) groups is 2. The molecule has 1 atom stereocenters. The predicted octanol–water partition coefficient (Wildman–Crippen LogP) is 2.54. The third kappa shape index (κ3) is 3.14. The summed E-state index contributed by atoms with van der Waals surface area (Å²) in [5, 5.41) is 15.5. The molecule has 0 bridgehead atoms. The molecule has 1 fully saturated rings. The summed E-state index contributed by atoms with van der Waals surface area (Å²) in [6.07, 6.45) is 2.61. The smallest absolute Gasteiger partial charge is 0.293 e. The lowest BCUT2D eigenvalue weighted by atomic mass is 10.1. The number of carbonyl (C=O) groups excluding carboxylic acids is 2. The summed E-state index contributed by atoms with van der Waals surface area (Å²) in [5.74, 6) is -0.901. The van der Waals surface area contributed by atoms with Crippen LogP contribution in [0, 0.1) is 10.1 Å². The van der Waals surface area contributed by atoms with Crippen LogP contribution >= 0.6 is 0 Å². The first kappa shape index (κ1) is 17.9. The van der Waals surface area contributed by atoms with Gasteiger partial charge in [0, 0.05) is 29.7 Å². The zero-order valence-corrected chi connectivity index (χ0v) is 14.9. The van der Waals surface area contributed by atoms with E-state index in [9.17, 15) is 19.7 Å². The minimum absolute atomic E-state index is 0.0151. The topological polar surface area (TPSA) is 108 Å². The van der Waals surface area contributed by atoms with Gasteiger partial charge >= 0.3 is 0 Å². The van der Waals surface area contributed by atoms with E-state index in [1.165, 1.54) is 18.2 Å². The first-order valence-electron chi connectivity index (χ1n) is 8.95. The zero-order valence-electron chi connectivity index (χ0n) is 14.9. The minimum Gasteiger partial charge on any atom is -0.361 e. The molecule has 4 rings (SSSR count). The molecule has 1 saturated heterocycles. The Morgan fingerprint density at radius 1 is 1.14 bits per heavy atom. The fourth-order valence-electron chi connectivity index (χ4n) is 3.57. The van der Waals surface area contributed by atoms with Gasteiger partial charge < -0.3 is 10.3 Å². The molecular weight excluding hydrogens is 360 g/mol. The monoisotopic (exact) mass is 378 g/mol. The van der Waals surface area contributed by atoms with Crippen molar-refractivity contribution in [2.24, 2.45) is 0 Å². The number of hydrogen-bond donors (Lipinski definition) is 2. The quantitative estimate of drug-likeness (QED) is 0.389. The maximum Gasteiger partial charge on any atom is 0.293 e. The van der Waals surface area contributed by atoms with E-state index in [-0.39, 0.29) is 17.8 Å². The molecule has 1 aliphatic rings. The van der Waals surface area contributed by atoms with Crippen molar-refractivity contribution in [1.82, 2.24) is 10.3 Å². The van der Waals surface area contributed by atoms with Crippen LogP contribution in [0.25, 0.3) is 10.9 Å². The van der Waals surface area contributed by atoms with Crippen molar-refractivity contribution in [3.8, 4) is 0 Å². The molecule has 8 nitrogen and oxygen atoms in total. The second kappa shape index (κ2) is 7.24. The van der Waals surface area contributed by atoms with E-state index in [1.807, 2.05) is 30.5 Å². The third-order valence-corrected chi connectivity index (χ3v) is 4.93. The second-order valence-corrected chi connectivity index (χ2v) is 6.63.